The molecule has 2 saturated carbocycles. The van der Waals surface area contributed by atoms with Crippen LogP contribution >= 0.6 is 0 Å². The molecule has 0 amide bonds. The lowest BCUT2D eigenvalue weighted by Crippen LogP contribution is -2.22. The minimum atomic E-state index is 0.530. The van der Waals surface area contributed by atoms with Crippen LogP contribution in [-0.2, 0) is 17.8 Å². The van der Waals surface area contributed by atoms with Crippen molar-refractivity contribution in [2.75, 3.05) is 6.54 Å². The maximum Gasteiger partial charge on any atom is 0.0723 e. The van der Waals surface area contributed by atoms with E-state index >= 15 is 0 Å². The van der Waals surface area contributed by atoms with Crippen LogP contribution in [0.15, 0.2) is 24.3 Å². The minimum absolute atomic E-state index is 0.530. The normalized spacial score (nSPS) is 19.8. The molecule has 1 aromatic carbocycles. The van der Waals surface area contributed by atoms with E-state index in [4.69, 9.17) is 4.74 Å². The minimum Gasteiger partial charge on any atom is -0.374 e. The Labute approximate surface area is 110 Å². The highest BCUT2D eigenvalue weighted by atomic mass is 16.5. The lowest BCUT2D eigenvalue weighted by atomic mass is 9.96. The van der Waals surface area contributed by atoms with Gasteiger partial charge in [-0.1, -0.05) is 24.3 Å². The Bertz CT molecular complexity index is 382. The maximum atomic E-state index is 5.92. The Morgan fingerprint density at radius 2 is 1.83 bits per heavy atom. The van der Waals surface area contributed by atoms with Crippen molar-refractivity contribution in [2.45, 2.75) is 57.3 Å². The summed E-state index contributed by atoms with van der Waals surface area (Å²) in [4.78, 5) is 0. The van der Waals surface area contributed by atoms with E-state index in [2.05, 4.69) is 29.6 Å². The first-order valence-corrected chi connectivity index (χ1v) is 7.33. The van der Waals surface area contributed by atoms with Crippen molar-refractivity contribution in [3.8, 4) is 0 Å². The summed E-state index contributed by atoms with van der Waals surface area (Å²) in [5.74, 6) is 0. The molecule has 3 rings (SSSR count). The van der Waals surface area contributed by atoms with E-state index in [0.29, 0.717) is 6.10 Å². The third-order valence-electron chi connectivity index (χ3n) is 4.05. The van der Waals surface area contributed by atoms with Gasteiger partial charge in [-0.25, -0.2) is 0 Å². The second-order valence-electron chi connectivity index (χ2n) is 5.61. The van der Waals surface area contributed by atoms with E-state index in [-0.39, 0.29) is 0 Å². The van der Waals surface area contributed by atoms with E-state index in [1.807, 2.05) is 0 Å². The highest BCUT2D eigenvalue weighted by Gasteiger charge is 2.20. The molecule has 1 N–H and O–H groups in total. The molecule has 2 fully saturated rings. The second-order valence-corrected chi connectivity index (χ2v) is 5.61. The Hall–Kier alpha value is -0.860. The monoisotopic (exact) mass is 245 g/mol. The SMILES string of the molecule is c1ccc(COC2CCC2)c(CCNC2CC2)c1. The first kappa shape index (κ1) is 12.2. The number of hydrogen-bond acceptors (Lipinski definition) is 2. The maximum absolute atomic E-state index is 5.92. The summed E-state index contributed by atoms with van der Waals surface area (Å²) in [5.41, 5.74) is 2.83. The predicted octanol–water partition coefficient (Wildman–Crippen LogP) is 3.05. The molecule has 0 unspecified atom stereocenters. The molecule has 0 spiro atoms. The van der Waals surface area contributed by atoms with Gasteiger partial charge in [-0.3, -0.25) is 0 Å². The third-order valence-corrected chi connectivity index (χ3v) is 4.05. The van der Waals surface area contributed by atoms with Crippen molar-refractivity contribution in [2.24, 2.45) is 0 Å². The van der Waals surface area contributed by atoms with Crippen LogP contribution in [0.4, 0.5) is 0 Å². The summed E-state index contributed by atoms with van der Waals surface area (Å²) in [6, 6.07) is 9.53. The molecule has 18 heavy (non-hydrogen) atoms. The number of ether oxygens (including phenoxy) is 1. The van der Waals surface area contributed by atoms with Crippen LogP contribution in [0.2, 0.25) is 0 Å². The Morgan fingerprint density at radius 1 is 1.06 bits per heavy atom. The van der Waals surface area contributed by atoms with Gasteiger partial charge in [-0.2, -0.15) is 0 Å². The molecule has 0 aromatic heterocycles. The molecule has 0 saturated heterocycles. The average molecular weight is 245 g/mol. The fourth-order valence-electron chi connectivity index (χ4n) is 2.39. The molecule has 0 atom stereocenters. The number of benzene rings is 1. The number of rotatable bonds is 7. The zero-order chi connectivity index (χ0) is 12.2. The average Bonchev–Trinajstić information content (AvgIpc) is 3.13. The van der Waals surface area contributed by atoms with Crippen LogP contribution in [-0.4, -0.2) is 18.7 Å². The van der Waals surface area contributed by atoms with Crippen LogP contribution in [0.5, 0.6) is 0 Å². The Morgan fingerprint density at radius 3 is 2.50 bits per heavy atom. The molecule has 0 radical (unpaired) electrons. The van der Waals surface area contributed by atoms with E-state index in [0.717, 1.165) is 25.6 Å². The molecule has 2 aliphatic carbocycles. The van der Waals surface area contributed by atoms with Gasteiger partial charge in [0.05, 0.1) is 12.7 Å². The van der Waals surface area contributed by atoms with Crippen LogP contribution in [0, 0.1) is 0 Å². The van der Waals surface area contributed by atoms with Gasteiger partial charge in [0, 0.05) is 6.04 Å². The summed E-state index contributed by atoms with van der Waals surface area (Å²) in [7, 11) is 0. The van der Waals surface area contributed by atoms with Crippen molar-refractivity contribution in [1.82, 2.24) is 5.32 Å². The Kier molecular flexibility index (Phi) is 3.96. The van der Waals surface area contributed by atoms with Gasteiger partial charge in [-0.05, 0) is 56.2 Å². The molecule has 2 nitrogen and oxygen atoms in total. The fraction of sp³-hybridized carbons (Fsp3) is 0.625. The van der Waals surface area contributed by atoms with Gasteiger partial charge in [-0.15, -0.1) is 0 Å². The highest BCUT2D eigenvalue weighted by molar-refractivity contribution is 5.26. The molecule has 98 valence electrons. The molecule has 0 aliphatic heterocycles. The zero-order valence-electron chi connectivity index (χ0n) is 11.0. The van der Waals surface area contributed by atoms with Crippen molar-refractivity contribution in [3.05, 3.63) is 35.4 Å². The van der Waals surface area contributed by atoms with Crippen molar-refractivity contribution < 1.29 is 4.74 Å². The van der Waals surface area contributed by atoms with Crippen molar-refractivity contribution in [1.29, 1.82) is 0 Å². The van der Waals surface area contributed by atoms with Gasteiger partial charge in [0.2, 0.25) is 0 Å². The predicted molar refractivity (Wildman–Crippen MR) is 73.6 cm³/mol. The first-order chi connectivity index (χ1) is 8.92. The lowest BCUT2D eigenvalue weighted by Gasteiger charge is -2.26. The largest absolute Gasteiger partial charge is 0.374 e. The Balaban J connectivity index is 1.50. The lowest BCUT2D eigenvalue weighted by molar-refractivity contribution is -0.00893. The zero-order valence-corrected chi connectivity index (χ0v) is 11.0. The summed E-state index contributed by atoms with van der Waals surface area (Å²) in [6.07, 6.45) is 8.25. The van der Waals surface area contributed by atoms with Gasteiger partial charge in [0.15, 0.2) is 0 Å². The molecular weight excluding hydrogens is 222 g/mol. The van der Waals surface area contributed by atoms with Gasteiger partial charge in [0.25, 0.3) is 0 Å². The smallest absolute Gasteiger partial charge is 0.0723 e. The number of nitrogens with one attached hydrogen (secondary N) is 1. The highest BCUT2D eigenvalue weighted by Crippen LogP contribution is 2.24. The molecule has 0 heterocycles. The molecule has 1 aromatic rings. The first-order valence-electron chi connectivity index (χ1n) is 7.33. The van der Waals surface area contributed by atoms with E-state index < -0.39 is 0 Å². The van der Waals surface area contributed by atoms with Gasteiger partial charge in [0.1, 0.15) is 0 Å². The van der Waals surface area contributed by atoms with Gasteiger partial charge < -0.3 is 10.1 Å². The van der Waals surface area contributed by atoms with E-state index in [1.165, 1.54) is 43.2 Å². The quantitative estimate of drug-likeness (QED) is 0.797. The molecule has 2 heteroatoms. The molecule has 0 bridgehead atoms. The third kappa shape index (κ3) is 3.33. The van der Waals surface area contributed by atoms with Crippen LogP contribution in [0.1, 0.15) is 43.2 Å². The van der Waals surface area contributed by atoms with Crippen molar-refractivity contribution >= 4 is 0 Å². The number of hydrogen-bond donors (Lipinski definition) is 1. The fourth-order valence-corrected chi connectivity index (χ4v) is 2.39. The molecular formula is C16H23NO. The topological polar surface area (TPSA) is 21.3 Å². The van der Waals surface area contributed by atoms with E-state index in [9.17, 15) is 0 Å². The second kappa shape index (κ2) is 5.85. The summed E-state index contributed by atoms with van der Waals surface area (Å²) in [5, 5.41) is 3.58. The van der Waals surface area contributed by atoms with Crippen LogP contribution in [0.3, 0.4) is 0 Å². The van der Waals surface area contributed by atoms with E-state index in [1.54, 1.807) is 0 Å². The summed E-state index contributed by atoms with van der Waals surface area (Å²) in [6.45, 7) is 1.90. The summed E-state index contributed by atoms with van der Waals surface area (Å²) >= 11 is 0. The molecule has 2 aliphatic rings. The van der Waals surface area contributed by atoms with Crippen LogP contribution < -0.4 is 5.32 Å². The van der Waals surface area contributed by atoms with Crippen molar-refractivity contribution in [3.63, 3.8) is 0 Å². The standard InChI is InChI=1S/C16H23NO/c1-2-5-14(12-18-16-6-3-7-16)13(4-1)10-11-17-15-8-9-15/h1-2,4-5,15-17H,3,6-12H2. The summed E-state index contributed by atoms with van der Waals surface area (Å²) < 4.78 is 5.92. The van der Waals surface area contributed by atoms with Gasteiger partial charge >= 0.3 is 0 Å². The van der Waals surface area contributed by atoms with Crippen LogP contribution in [0.25, 0.3) is 0 Å².